The Morgan fingerprint density at radius 1 is 0.903 bits per heavy atom. The molecule has 0 radical (unpaired) electrons. The summed E-state index contributed by atoms with van der Waals surface area (Å²) in [6.07, 6.45) is 1.53. The molecule has 4 aromatic rings. The maximum atomic E-state index is 12.6. The number of rotatable bonds is 5. The minimum absolute atomic E-state index is 0.0112. The number of nitrogens with zero attached hydrogens (tertiary/aromatic N) is 5. The molecule has 0 fully saturated rings. The van der Waals surface area contributed by atoms with Crippen molar-refractivity contribution < 1.29 is 9.32 Å². The molecule has 10 heteroatoms. The Morgan fingerprint density at radius 2 is 1.61 bits per heavy atom. The first-order valence-electron chi connectivity index (χ1n) is 9.69. The summed E-state index contributed by atoms with van der Waals surface area (Å²) >= 11 is 0. The highest BCUT2D eigenvalue weighted by Crippen LogP contribution is 2.22. The number of hydrogen-bond donors (Lipinski definition) is 3. The van der Waals surface area contributed by atoms with Crippen LogP contribution < -0.4 is 16.4 Å². The van der Waals surface area contributed by atoms with Gasteiger partial charge in [-0.1, -0.05) is 47.6 Å². The first-order valence-corrected chi connectivity index (χ1v) is 9.69. The Labute approximate surface area is 177 Å². The van der Waals surface area contributed by atoms with Crippen molar-refractivity contribution in [3.8, 4) is 11.6 Å². The van der Waals surface area contributed by atoms with Crippen LogP contribution in [0, 0.1) is 0 Å². The summed E-state index contributed by atoms with van der Waals surface area (Å²) in [6, 6.07) is 17.5. The largest absolute Gasteiger partial charge is 0.368 e. The van der Waals surface area contributed by atoms with Crippen LogP contribution in [0.2, 0.25) is 0 Å². The Bertz CT molecular complexity index is 1220. The van der Waals surface area contributed by atoms with Gasteiger partial charge >= 0.3 is 11.8 Å². The average molecular weight is 414 g/mol. The lowest BCUT2D eigenvalue weighted by molar-refractivity contribution is 0.0894. The van der Waals surface area contributed by atoms with Crippen molar-refractivity contribution in [2.75, 3.05) is 11.1 Å². The van der Waals surface area contributed by atoms with Crippen LogP contribution in [0.5, 0.6) is 0 Å². The monoisotopic (exact) mass is 414 g/mol. The maximum absolute atomic E-state index is 12.6. The first kappa shape index (κ1) is 18.7. The minimum Gasteiger partial charge on any atom is -0.368 e. The van der Waals surface area contributed by atoms with Gasteiger partial charge in [-0.15, -0.1) is 0 Å². The molecule has 2 heterocycles. The van der Waals surface area contributed by atoms with Crippen LogP contribution in [0.15, 0.2) is 59.1 Å². The lowest BCUT2D eigenvalue weighted by Gasteiger charge is -2.09. The molecule has 0 atom stereocenters. The quantitative estimate of drug-likeness (QED) is 0.447. The van der Waals surface area contributed by atoms with E-state index in [0.717, 1.165) is 18.5 Å². The summed E-state index contributed by atoms with van der Waals surface area (Å²) < 4.78 is 5.13. The normalized spacial score (nSPS) is 13.0. The summed E-state index contributed by atoms with van der Waals surface area (Å²) in [7, 11) is 0. The third-order valence-corrected chi connectivity index (χ3v) is 4.89. The van der Waals surface area contributed by atoms with Crippen LogP contribution >= 0.6 is 0 Å². The van der Waals surface area contributed by atoms with Gasteiger partial charge < -0.3 is 20.9 Å². The summed E-state index contributed by atoms with van der Waals surface area (Å²) in [5, 5.41) is 9.80. The molecule has 0 unspecified atom stereocenters. The van der Waals surface area contributed by atoms with E-state index in [-0.39, 0.29) is 35.5 Å². The predicted octanol–water partition coefficient (Wildman–Crippen LogP) is 2.14. The molecule has 2 aromatic carbocycles. The second-order valence-electron chi connectivity index (χ2n) is 7.10. The van der Waals surface area contributed by atoms with E-state index in [1.165, 1.54) is 11.1 Å². The van der Waals surface area contributed by atoms with E-state index in [1.54, 1.807) is 0 Å². The number of anilines is 3. The standard InChI is InChI=1S/C21H18N8O2/c22-20-26-16(27-21(28-20)24-14-8-2-1-3-9-14)17-25-19(31-29-17)18(30)23-15-10-12-6-4-5-7-13(12)11-15/h1-9,15H,10-11H2,(H,23,30)(H3,22,24,26,27,28). The number of para-hydroxylation sites is 1. The number of fused-ring (bicyclic) bond motifs is 1. The molecule has 1 aliphatic carbocycles. The van der Waals surface area contributed by atoms with Gasteiger partial charge in [0.15, 0.2) is 0 Å². The smallest absolute Gasteiger partial charge is 0.316 e. The average Bonchev–Trinajstić information content (AvgIpc) is 3.41. The second kappa shape index (κ2) is 7.82. The highest BCUT2D eigenvalue weighted by molar-refractivity contribution is 5.90. The van der Waals surface area contributed by atoms with E-state index < -0.39 is 5.91 Å². The second-order valence-corrected chi connectivity index (χ2v) is 7.10. The fourth-order valence-corrected chi connectivity index (χ4v) is 3.51. The van der Waals surface area contributed by atoms with Crippen molar-refractivity contribution >= 4 is 23.5 Å². The van der Waals surface area contributed by atoms with Crippen molar-refractivity contribution in [2.45, 2.75) is 18.9 Å². The third kappa shape index (κ3) is 4.04. The topological polar surface area (TPSA) is 145 Å². The van der Waals surface area contributed by atoms with Gasteiger partial charge in [0.1, 0.15) is 0 Å². The van der Waals surface area contributed by atoms with Crippen molar-refractivity contribution in [3.63, 3.8) is 0 Å². The fourth-order valence-electron chi connectivity index (χ4n) is 3.51. The van der Waals surface area contributed by atoms with Crippen molar-refractivity contribution in [3.05, 3.63) is 71.6 Å². The van der Waals surface area contributed by atoms with Crippen LogP contribution in [0.3, 0.4) is 0 Å². The predicted molar refractivity (Wildman–Crippen MR) is 112 cm³/mol. The van der Waals surface area contributed by atoms with Gasteiger partial charge in [-0.05, 0) is 36.1 Å². The molecule has 10 nitrogen and oxygen atoms in total. The van der Waals surface area contributed by atoms with Gasteiger partial charge in [-0.25, -0.2) is 0 Å². The summed E-state index contributed by atoms with van der Waals surface area (Å²) in [5.74, 6) is -0.244. The van der Waals surface area contributed by atoms with Crippen LogP contribution in [0.25, 0.3) is 11.6 Å². The molecule has 0 bridgehead atoms. The van der Waals surface area contributed by atoms with Crippen LogP contribution in [-0.4, -0.2) is 37.0 Å². The number of nitrogens with two attached hydrogens (primary N) is 1. The number of nitrogen functional groups attached to an aromatic ring is 1. The van der Waals surface area contributed by atoms with Crippen LogP contribution in [-0.2, 0) is 12.8 Å². The van der Waals surface area contributed by atoms with E-state index in [1.807, 2.05) is 42.5 Å². The van der Waals surface area contributed by atoms with Crippen molar-refractivity contribution in [2.24, 2.45) is 0 Å². The fraction of sp³-hybridized carbons (Fsp3) is 0.143. The molecular formula is C21H18N8O2. The van der Waals surface area contributed by atoms with Gasteiger partial charge in [0.05, 0.1) is 0 Å². The molecule has 0 saturated carbocycles. The lowest BCUT2D eigenvalue weighted by Crippen LogP contribution is -2.35. The maximum Gasteiger partial charge on any atom is 0.316 e. The molecule has 1 aliphatic rings. The van der Waals surface area contributed by atoms with Crippen LogP contribution in [0.4, 0.5) is 17.6 Å². The minimum atomic E-state index is -0.443. The number of amides is 1. The van der Waals surface area contributed by atoms with Gasteiger partial charge in [0.25, 0.3) is 0 Å². The zero-order chi connectivity index (χ0) is 21.2. The van der Waals surface area contributed by atoms with E-state index in [9.17, 15) is 4.79 Å². The highest BCUT2D eigenvalue weighted by atomic mass is 16.5. The molecule has 4 N–H and O–H groups in total. The summed E-state index contributed by atoms with van der Waals surface area (Å²) in [5.41, 5.74) is 9.05. The summed E-state index contributed by atoms with van der Waals surface area (Å²) in [4.78, 5) is 29.1. The van der Waals surface area contributed by atoms with Gasteiger partial charge in [0.2, 0.25) is 23.5 Å². The van der Waals surface area contributed by atoms with E-state index in [0.29, 0.717) is 0 Å². The molecule has 31 heavy (non-hydrogen) atoms. The molecule has 2 aromatic heterocycles. The van der Waals surface area contributed by atoms with Gasteiger partial charge in [-0.2, -0.15) is 19.9 Å². The zero-order valence-corrected chi connectivity index (χ0v) is 16.3. The number of carbonyl (C=O) groups is 1. The number of carbonyl (C=O) groups excluding carboxylic acids is 1. The Balaban J connectivity index is 1.31. The number of hydrogen-bond acceptors (Lipinski definition) is 9. The summed E-state index contributed by atoms with van der Waals surface area (Å²) in [6.45, 7) is 0. The molecule has 1 amide bonds. The molecule has 0 aliphatic heterocycles. The number of benzene rings is 2. The molecule has 0 spiro atoms. The Morgan fingerprint density at radius 3 is 2.35 bits per heavy atom. The van der Waals surface area contributed by atoms with Gasteiger partial charge in [0, 0.05) is 11.7 Å². The molecular weight excluding hydrogens is 396 g/mol. The number of aromatic nitrogens is 5. The van der Waals surface area contributed by atoms with E-state index in [2.05, 4.69) is 47.9 Å². The van der Waals surface area contributed by atoms with Crippen molar-refractivity contribution in [1.82, 2.24) is 30.4 Å². The highest BCUT2D eigenvalue weighted by Gasteiger charge is 2.26. The molecule has 5 rings (SSSR count). The molecule has 154 valence electrons. The van der Waals surface area contributed by atoms with Crippen molar-refractivity contribution in [1.29, 1.82) is 0 Å². The van der Waals surface area contributed by atoms with E-state index >= 15 is 0 Å². The zero-order valence-electron chi connectivity index (χ0n) is 16.3. The van der Waals surface area contributed by atoms with Gasteiger partial charge in [-0.3, -0.25) is 4.79 Å². The SMILES string of the molecule is Nc1nc(Nc2ccccc2)nc(-c2noc(C(=O)NC3Cc4ccccc4C3)n2)n1. The van der Waals surface area contributed by atoms with Crippen LogP contribution in [0.1, 0.15) is 21.8 Å². The number of nitrogens with one attached hydrogen (secondary N) is 2. The van der Waals surface area contributed by atoms with E-state index in [4.69, 9.17) is 10.3 Å². The third-order valence-electron chi connectivity index (χ3n) is 4.89. The molecule has 0 saturated heterocycles. The first-order chi connectivity index (χ1) is 15.1. The Hall–Kier alpha value is -4.34. The lowest BCUT2D eigenvalue weighted by atomic mass is 10.1. The Kier molecular flexibility index (Phi) is 4.71.